The first-order chi connectivity index (χ1) is 7.83. The fourth-order valence-corrected chi connectivity index (χ4v) is 2.70. The van der Waals surface area contributed by atoms with E-state index in [-0.39, 0.29) is 24.7 Å². The van der Waals surface area contributed by atoms with Crippen LogP contribution in [-0.4, -0.2) is 47.8 Å². The van der Waals surface area contributed by atoms with E-state index >= 15 is 0 Å². The second-order valence-corrected chi connectivity index (χ2v) is 4.70. The van der Waals surface area contributed by atoms with Gasteiger partial charge < -0.3 is 14.7 Å². The quantitative estimate of drug-likeness (QED) is 0.780. The van der Waals surface area contributed by atoms with Gasteiger partial charge in [-0.05, 0) is 38.5 Å². The van der Waals surface area contributed by atoms with Gasteiger partial charge in [0.15, 0.2) is 0 Å². The summed E-state index contributed by atoms with van der Waals surface area (Å²) < 4.78 is 5.44. The smallest absolute Gasteiger partial charge is 0.251 e. The van der Waals surface area contributed by atoms with Crippen molar-refractivity contribution in [1.29, 1.82) is 0 Å². The standard InChI is InChI=1S/C12H21NO3/c14-8-6-10-4-1-2-7-13(10)12(15)11-5-3-9-16-11/h10-11,14H,1-9H2/t10?,11-/m1/s1. The van der Waals surface area contributed by atoms with Crippen molar-refractivity contribution in [3.63, 3.8) is 0 Å². The van der Waals surface area contributed by atoms with Crippen molar-refractivity contribution < 1.29 is 14.6 Å². The van der Waals surface area contributed by atoms with Crippen LogP contribution in [0.2, 0.25) is 0 Å². The molecule has 1 N–H and O–H groups in total. The predicted octanol–water partition coefficient (Wildman–Crippen LogP) is 0.929. The number of carbonyl (C=O) groups excluding carboxylic acids is 1. The number of rotatable bonds is 3. The highest BCUT2D eigenvalue weighted by Crippen LogP contribution is 2.23. The normalized spacial score (nSPS) is 30.7. The molecule has 0 bridgehead atoms. The Morgan fingerprint density at radius 2 is 2.19 bits per heavy atom. The maximum absolute atomic E-state index is 12.2. The molecular weight excluding hydrogens is 206 g/mol. The molecule has 0 saturated carbocycles. The Morgan fingerprint density at radius 1 is 1.31 bits per heavy atom. The maximum Gasteiger partial charge on any atom is 0.251 e. The van der Waals surface area contributed by atoms with Crippen molar-refractivity contribution in [2.24, 2.45) is 0 Å². The topological polar surface area (TPSA) is 49.8 Å². The molecule has 2 atom stereocenters. The summed E-state index contributed by atoms with van der Waals surface area (Å²) in [5.41, 5.74) is 0. The van der Waals surface area contributed by atoms with Crippen molar-refractivity contribution in [2.45, 2.75) is 50.7 Å². The number of nitrogens with zero attached hydrogens (tertiary/aromatic N) is 1. The minimum atomic E-state index is -0.209. The molecule has 0 aliphatic carbocycles. The molecule has 2 heterocycles. The second-order valence-electron chi connectivity index (χ2n) is 4.70. The Hall–Kier alpha value is -0.610. The molecule has 4 heteroatoms. The summed E-state index contributed by atoms with van der Waals surface area (Å²) in [5, 5.41) is 9.01. The highest BCUT2D eigenvalue weighted by Gasteiger charge is 2.33. The fourth-order valence-electron chi connectivity index (χ4n) is 2.70. The molecule has 0 aromatic heterocycles. The van der Waals surface area contributed by atoms with Crippen LogP contribution < -0.4 is 0 Å². The first-order valence-corrected chi connectivity index (χ1v) is 6.36. The van der Waals surface area contributed by atoms with Crippen LogP contribution in [0, 0.1) is 0 Å². The van der Waals surface area contributed by atoms with Crippen LogP contribution in [0.1, 0.15) is 38.5 Å². The molecule has 2 saturated heterocycles. The van der Waals surface area contributed by atoms with Crippen LogP contribution in [0.15, 0.2) is 0 Å². The maximum atomic E-state index is 12.2. The zero-order valence-corrected chi connectivity index (χ0v) is 9.73. The van der Waals surface area contributed by atoms with Gasteiger partial charge in [0.1, 0.15) is 6.10 Å². The van der Waals surface area contributed by atoms with E-state index in [1.54, 1.807) is 0 Å². The van der Waals surface area contributed by atoms with E-state index in [9.17, 15) is 4.79 Å². The summed E-state index contributed by atoms with van der Waals surface area (Å²) in [6.07, 6.45) is 5.63. The van der Waals surface area contributed by atoms with Gasteiger partial charge in [-0.25, -0.2) is 0 Å². The van der Waals surface area contributed by atoms with E-state index in [1.807, 2.05) is 4.90 Å². The molecule has 0 spiro atoms. The second kappa shape index (κ2) is 5.64. The van der Waals surface area contributed by atoms with Crippen LogP contribution in [-0.2, 0) is 9.53 Å². The third-order valence-electron chi connectivity index (χ3n) is 3.58. The van der Waals surface area contributed by atoms with E-state index in [0.29, 0.717) is 6.42 Å². The van der Waals surface area contributed by atoms with Crippen molar-refractivity contribution in [1.82, 2.24) is 4.90 Å². The molecule has 16 heavy (non-hydrogen) atoms. The van der Waals surface area contributed by atoms with Crippen LogP contribution in [0.25, 0.3) is 0 Å². The number of aliphatic hydroxyl groups is 1. The predicted molar refractivity (Wildman–Crippen MR) is 60.0 cm³/mol. The first-order valence-electron chi connectivity index (χ1n) is 6.36. The van der Waals surface area contributed by atoms with Gasteiger partial charge in [0.25, 0.3) is 5.91 Å². The first kappa shape index (κ1) is 11.9. The number of amides is 1. The van der Waals surface area contributed by atoms with Gasteiger partial charge in [0, 0.05) is 25.8 Å². The lowest BCUT2D eigenvalue weighted by atomic mass is 9.98. The van der Waals surface area contributed by atoms with Crippen molar-refractivity contribution in [2.75, 3.05) is 19.8 Å². The van der Waals surface area contributed by atoms with E-state index in [1.165, 1.54) is 6.42 Å². The van der Waals surface area contributed by atoms with Crippen LogP contribution in [0.3, 0.4) is 0 Å². The summed E-state index contributed by atoms with van der Waals surface area (Å²) in [4.78, 5) is 14.1. The lowest BCUT2D eigenvalue weighted by Gasteiger charge is -2.36. The van der Waals surface area contributed by atoms with Crippen molar-refractivity contribution in [3.05, 3.63) is 0 Å². The number of ether oxygens (including phenoxy) is 1. The van der Waals surface area contributed by atoms with Crippen LogP contribution >= 0.6 is 0 Å². The SMILES string of the molecule is O=C([C@H]1CCCO1)N1CCCCC1CCO. The highest BCUT2D eigenvalue weighted by molar-refractivity contribution is 5.81. The highest BCUT2D eigenvalue weighted by atomic mass is 16.5. The largest absolute Gasteiger partial charge is 0.396 e. The third-order valence-corrected chi connectivity index (χ3v) is 3.58. The van der Waals surface area contributed by atoms with Gasteiger partial charge in [0.05, 0.1) is 0 Å². The Balaban J connectivity index is 1.95. The molecule has 92 valence electrons. The lowest BCUT2D eigenvalue weighted by molar-refractivity contribution is -0.145. The molecular formula is C12H21NO3. The molecule has 2 fully saturated rings. The van der Waals surface area contributed by atoms with Gasteiger partial charge in [-0.1, -0.05) is 0 Å². The lowest BCUT2D eigenvalue weighted by Crippen LogP contribution is -2.48. The van der Waals surface area contributed by atoms with Gasteiger partial charge in [-0.3, -0.25) is 4.79 Å². The molecule has 1 unspecified atom stereocenters. The molecule has 0 aromatic rings. The van der Waals surface area contributed by atoms with Gasteiger partial charge in [-0.15, -0.1) is 0 Å². The Morgan fingerprint density at radius 3 is 2.88 bits per heavy atom. The van der Waals surface area contributed by atoms with E-state index < -0.39 is 0 Å². The summed E-state index contributed by atoms with van der Waals surface area (Å²) in [5.74, 6) is 0.149. The van der Waals surface area contributed by atoms with Gasteiger partial charge in [0.2, 0.25) is 0 Å². The summed E-state index contributed by atoms with van der Waals surface area (Å²) in [7, 11) is 0. The number of carbonyl (C=O) groups is 1. The average Bonchev–Trinajstić information content (AvgIpc) is 2.83. The Labute approximate surface area is 96.6 Å². The molecule has 1 amide bonds. The molecule has 2 rings (SSSR count). The van der Waals surface area contributed by atoms with E-state index in [2.05, 4.69) is 0 Å². The summed E-state index contributed by atoms with van der Waals surface area (Å²) in [6, 6.07) is 0.232. The van der Waals surface area contributed by atoms with E-state index in [4.69, 9.17) is 9.84 Å². The average molecular weight is 227 g/mol. The molecule has 4 nitrogen and oxygen atoms in total. The number of piperidine rings is 1. The minimum Gasteiger partial charge on any atom is -0.396 e. The van der Waals surface area contributed by atoms with Gasteiger partial charge in [-0.2, -0.15) is 0 Å². The molecule has 0 radical (unpaired) electrons. The Kier molecular flexibility index (Phi) is 4.18. The minimum absolute atomic E-state index is 0.149. The van der Waals surface area contributed by atoms with Crippen molar-refractivity contribution in [3.8, 4) is 0 Å². The summed E-state index contributed by atoms with van der Waals surface area (Å²) >= 11 is 0. The summed E-state index contributed by atoms with van der Waals surface area (Å²) in [6.45, 7) is 1.72. The van der Waals surface area contributed by atoms with Crippen LogP contribution in [0.5, 0.6) is 0 Å². The van der Waals surface area contributed by atoms with Gasteiger partial charge >= 0.3 is 0 Å². The van der Waals surface area contributed by atoms with E-state index in [0.717, 1.165) is 38.8 Å². The van der Waals surface area contributed by atoms with Crippen LogP contribution in [0.4, 0.5) is 0 Å². The molecule has 2 aliphatic heterocycles. The fraction of sp³-hybridized carbons (Fsp3) is 0.917. The zero-order chi connectivity index (χ0) is 11.4. The number of hydrogen-bond acceptors (Lipinski definition) is 3. The Bertz CT molecular complexity index is 236. The number of hydrogen-bond donors (Lipinski definition) is 1. The zero-order valence-electron chi connectivity index (χ0n) is 9.73. The number of aliphatic hydroxyl groups excluding tert-OH is 1. The molecule has 0 aromatic carbocycles. The third kappa shape index (κ3) is 2.55. The monoisotopic (exact) mass is 227 g/mol. The number of likely N-dealkylation sites (tertiary alicyclic amines) is 1. The molecule has 2 aliphatic rings. The van der Waals surface area contributed by atoms with Crippen molar-refractivity contribution >= 4 is 5.91 Å².